The highest BCUT2D eigenvalue weighted by molar-refractivity contribution is 7.17. The number of anilines is 1. The fraction of sp³-hybridized carbons (Fsp3) is 0.350. The molecule has 28 heavy (non-hydrogen) atoms. The second kappa shape index (κ2) is 10.5. The summed E-state index contributed by atoms with van der Waals surface area (Å²) < 4.78 is 16.1. The predicted octanol–water partition coefficient (Wildman–Crippen LogP) is 4.08. The molecule has 0 aliphatic carbocycles. The van der Waals surface area contributed by atoms with Gasteiger partial charge in [-0.1, -0.05) is 17.4 Å². The first-order chi connectivity index (χ1) is 13.5. The summed E-state index contributed by atoms with van der Waals surface area (Å²) in [5.74, 6) is 0.500. The van der Waals surface area contributed by atoms with Crippen molar-refractivity contribution in [1.29, 1.82) is 0 Å². The third kappa shape index (κ3) is 5.82. The zero-order valence-electron chi connectivity index (χ0n) is 16.4. The molecule has 0 aliphatic rings. The summed E-state index contributed by atoms with van der Waals surface area (Å²) in [5, 5.41) is 3.00. The number of amides is 1. The van der Waals surface area contributed by atoms with Crippen LogP contribution in [-0.2, 0) is 9.53 Å². The standard InChI is InChI=1S/C20H24N2O5S/c1-5-25-15-10-8-14(12-16(15)26-6-2)9-11-17(23)22-20-21-13(4)18(28-20)19(24)27-7-3/h8-12H,5-7H2,1-4H3,(H,21,22,23)/b11-9+. The molecular weight excluding hydrogens is 380 g/mol. The van der Waals surface area contributed by atoms with Gasteiger partial charge in [0.25, 0.3) is 0 Å². The molecule has 2 rings (SSSR count). The number of rotatable bonds is 9. The van der Waals surface area contributed by atoms with E-state index in [1.807, 2.05) is 32.0 Å². The zero-order valence-corrected chi connectivity index (χ0v) is 17.2. The van der Waals surface area contributed by atoms with Gasteiger partial charge in [-0.15, -0.1) is 0 Å². The van der Waals surface area contributed by atoms with Gasteiger partial charge in [0.15, 0.2) is 16.6 Å². The van der Waals surface area contributed by atoms with Crippen LogP contribution in [0.5, 0.6) is 11.5 Å². The number of hydrogen-bond acceptors (Lipinski definition) is 7. The first kappa shape index (κ1) is 21.4. The van der Waals surface area contributed by atoms with Crippen LogP contribution >= 0.6 is 11.3 Å². The van der Waals surface area contributed by atoms with Crippen LogP contribution in [0, 0.1) is 6.92 Å². The molecule has 0 fully saturated rings. The minimum atomic E-state index is -0.439. The van der Waals surface area contributed by atoms with E-state index in [0.717, 1.165) is 16.9 Å². The van der Waals surface area contributed by atoms with Crippen LogP contribution < -0.4 is 14.8 Å². The highest BCUT2D eigenvalue weighted by atomic mass is 32.1. The minimum Gasteiger partial charge on any atom is -0.490 e. The van der Waals surface area contributed by atoms with Crippen molar-refractivity contribution in [3.63, 3.8) is 0 Å². The third-order valence-electron chi connectivity index (χ3n) is 3.48. The molecule has 0 saturated carbocycles. The molecule has 0 saturated heterocycles. The molecule has 1 aromatic carbocycles. The molecule has 2 aromatic rings. The maximum absolute atomic E-state index is 12.2. The Hall–Kier alpha value is -2.87. The lowest BCUT2D eigenvalue weighted by molar-refractivity contribution is -0.111. The number of carbonyl (C=O) groups is 2. The topological polar surface area (TPSA) is 86.8 Å². The van der Waals surface area contributed by atoms with E-state index in [0.29, 0.717) is 40.4 Å². The van der Waals surface area contributed by atoms with Gasteiger partial charge in [-0.05, 0) is 51.5 Å². The van der Waals surface area contributed by atoms with Crippen LogP contribution in [0.15, 0.2) is 24.3 Å². The van der Waals surface area contributed by atoms with Crippen molar-refractivity contribution in [2.45, 2.75) is 27.7 Å². The van der Waals surface area contributed by atoms with Crippen molar-refractivity contribution < 1.29 is 23.8 Å². The van der Waals surface area contributed by atoms with Crippen molar-refractivity contribution in [1.82, 2.24) is 4.98 Å². The molecule has 1 heterocycles. The Morgan fingerprint density at radius 2 is 1.82 bits per heavy atom. The normalized spacial score (nSPS) is 10.7. The minimum absolute atomic E-state index is 0.284. The summed E-state index contributed by atoms with van der Waals surface area (Å²) in [4.78, 5) is 28.6. The number of nitrogens with zero attached hydrogens (tertiary/aromatic N) is 1. The molecule has 0 unspecified atom stereocenters. The van der Waals surface area contributed by atoms with Crippen LogP contribution in [-0.4, -0.2) is 36.7 Å². The largest absolute Gasteiger partial charge is 0.490 e. The number of carbonyl (C=O) groups excluding carboxylic acids is 2. The van der Waals surface area contributed by atoms with Gasteiger partial charge >= 0.3 is 5.97 Å². The Morgan fingerprint density at radius 3 is 2.50 bits per heavy atom. The van der Waals surface area contributed by atoms with Gasteiger partial charge in [0.05, 0.1) is 25.5 Å². The molecule has 150 valence electrons. The molecule has 0 spiro atoms. The Balaban J connectivity index is 2.06. The van der Waals surface area contributed by atoms with Crippen molar-refractivity contribution in [3.05, 3.63) is 40.4 Å². The van der Waals surface area contributed by atoms with Crippen LogP contribution in [0.4, 0.5) is 5.13 Å². The lowest BCUT2D eigenvalue weighted by Gasteiger charge is -2.11. The van der Waals surface area contributed by atoms with Gasteiger partial charge in [-0.3, -0.25) is 10.1 Å². The van der Waals surface area contributed by atoms with Gasteiger partial charge in [-0.25, -0.2) is 9.78 Å². The maximum Gasteiger partial charge on any atom is 0.350 e. The lowest BCUT2D eigenvalue weighted by atomic mass is 10.2. The molecule has 1 N–H and O–H groups in total. The summed E-state index contributed by atoms with van der Waals surface area (Å²) in [6.07, 6.45) is 3.06. The van der Waals surface area contributed by atoms with Crippen LogP contribution in [0.2, 0.25) is 0 Å². The van der Waals surface area contributed by atoms with Crippen molar-refractivity contribution >= 4 is 34.4 Å². The number of aromatic nitrogens is 1. The van der Waals surface area contributed by atoms with E-state index in [4.69, 9.17) is 14.2 Å². The van der Waals surface area contributed by atoms with Gasteiger partial charge in [0.1, 0.15) is 4.88 Å². The lowest BCUT2D eigenvalue weighted by Crippen LogP contribution is -2.07. The van der Waals surface area contributed by atoms with E-state index in [1.165, 1.54) is 6.08 Å². The molecule has 0 bridgehead atoms. The Bertz CT molecular complexity index is 860. The molecular formula is C20H24N2O5S. The number of aryl methyl sites for hydroxylation is 1. The second-order valence-corrected chi connectivity index (χ2v) is 6.55. The smallest absolute Gasteiger partial charge is 0.350 e. The Labute approximate surface area is 168 Å². The quantitative estimate of drug-likeness (QED) is 0.501. The summed E-state index contributed by atoms with van der Waals surface area (Å²) in [6, 6.07) is 5.45. The van der Waals surface area contributed by atoms with Crippen molar-refractivity contribution in [2.24, 2.45) is 0 Å². The van der Waals surface area contributed by atoms with E-state index in [2.05, 4.69) is 10.3 Å². The highest BCUT2D eigenvalue weighted by Gasteiger charge is 2.17. The Kier molecular flexibility index (Phi) is 8.01. The fourth-order valence-electron chi connectivity index (χ4n) is 2.33. The predicted molar refractivity (Wildman–Crippen MR) is 109 cm³/mol. The summed E-state index contributed by atoms with van der Waals surface area (Å²) in [6.45, 7) is 8.57. The van der Waals surface area contributed by atoms with Crippen LogP contribution in [0.1, 0.15) is 41.7 Å². The highest BCUT2D eigenvalue weighted by Crippen LogP contribution is 2.29. The second-order valence-electron chi connectivity index (χ2n) is 5.55. The molecule has 0 radical (unpaired) electrons. The first-order valence-corrected chi connectivity index (χ1v) is 9.83. The van der Waals surface area contributed by atoms with Gasteiger partial charge < -0.3 is 14.2 Å². The SMILES string of the molecule is CCOC(=O)c1sc(NC(=O)/C=C/c2ccc(OCC)c(OCC)c2)nc1C. The number of esters is 1. The number of ether oxygens (including phenoxy) is 3. The Morgan fingerprint density at radius 1 is 1.11 bits per heavy atom. The van der Waals surface area contributed by atoms with Crippen LogP contribution in [0.3, 0.4) is 0 Å². The average Bonchev–Trinajstić information content (AvgIpc) is 3.02. The van der Waals surface area contributed by atoms with Gasteiger partial charge in [0.2, 0.25) is 5.91 Å². The molecule has 1 amide bonds. The molecule has 0 atom stereocenters. The van der Waals surface area contributed by atoms with E-state index in [9.17, 15) is 9.59 Å². The fourth-order valence-corrected chi connectivity index (χ4v) is 3.19. The number of benzene rings is 1. The molecule has 0 aliphatic heterocycles. The van der Waals surface area contributed by atoms with Gasteiger partial charge in [-0.2, -0.15) is 0 Å². The molecule has 7 nitrogen and oxygen atoms in total. The van der Waals surface area contributed by atoms with E-state index in [-0.39, 0.29) is 12.5 Å². The summed E-state index contributed by atoms with van der Waals surface area (Å²) in [7, 11) is 0. The first-order valence-electron chi connectivity index (χ1n) is 9.01. The maximum atomic E-state index is 12.2. The van der Waals surface area contributed by atoms with Crippen LogP contribution in [0.25, 0.3) is 6.08 Å². The van der Waals surface area contributed by atoms with E-state index < -0.39 is 5.97 Å². The average molecular weight is 404 g/mol. The molecule has 1 aromatic heterocycles. The summed E-state index contributed by atoms with van der Waals surface area (Å²) in [5.41, 5.74) is 1.32. The number of thiazole rings is 1. The van der Waals surface area contributed by atoms with Crippen molar-refractivity contribution in [2.75, 3.05) is 25.1 Å². The van der Waals surface area contributed by atoms with Crippen molar-refractivity contribution in [3.8, 4) is 11.5 Å². The summed E-state index contributed by atoms with van der Waals surface area (Å²) >= 11 is 1.09. The molecule has 8 heteroatoms. The van der Waals surface area contributed by atoms with E-state index >= 15 is 0 Å². The van der Waals surface area contributed by atoms with E-state index in [1.54, 1.807) is 19.9 Å². The third-order valence-corrected chi connectivity index (χ3v) is 4.54. The monoisotopic (exact) mass is 404 g/mol. The zero-order chi connectivity index (χ0) is 20.5. The van der Waals surface area contributed by atoms with Gasteiger partial charge in [0, 0.05) is 6.08 Å². The number of nitrogens with one attached hydrogen (secondary N) is 1. The number of hydrogen-bond donors (Lipinski definition) is 1.